The zero-order chi connectivity index (χ0) is 22.3. The summed E-state index contributed by atoms with van der Waals surface area (Å²) in [5, 5.41) is 6.11. The number of rotatable bonds is 6. The second-order valence-corrected chi connectivity index (χ2v) is 10.8. The van der Waals surface area contributed by atoms with Gasteiger partial charge in [-0.1, -0.05) is 25.0 Å². The summed E-state index contributed by atoms with van der Waals surface area (Å²) in [6.07, 6.45) is 10.2. The number of esters is 1. The Bertz CT molecular complexity index is 866. The molecule has 0 heterocycles. The van der Waals surface area contributed by atoms with E-state index in [4.69, 9.17) is 4.74 Å². The number of hydrogen-bond donors (Lipinski definition) is 2. The Balaban J connectivity index is 1.19. The maximum absolute atomic E-state index is 13.1. The standard InChI is InChI=1S/C26H34N2O4/c1-32-24(31)26(8-2-3-9-26)28-22(29)21-6-4-17(5-7-21)16-27-23(30)25-13-18-10-19(14-25)12-20(11-18)15-25/h4-7,18-20H,2-3,8-16H2,1H3,(H,27,30)(H,28,29). The molecule has 6 nitrogen and oxygen atoms in total. The minimum atomic E-state index is -0.906. The third kappa shape index (κ3) is 3.82. The number of carbonyl (C=O) groups is 3. The fourth-order valence-electron chi connectivity index (χ4n) is 7.38. The van der Waals surface area contributed by atoms with Crippen LogP contribution in [0.4, 0.5) is 0 Å². The molecule has 0 atom stereocenters. The first-order valence-corrected chi connectivity index (χ1v) is 12.2. The lowest BCUT2D eigenvalue weighted by atomic mass is 9.49. The summed E-state index contributed by atoms with van der Waals surface area (Å²) in [4.78, 5) is 38.2. The van der Waals surface area contributed by atoms with Crippen molar-refractivity contribution >= 4 is 17.8 Å². The number of hydrogen-bond acceptors (Lipinski definition) is 4. The Hall–Kier alpha value is -2.37. The van der Waals surface area contributed by atoms with E-state index in [2.05, 4.69) is 10.6 Å². The van der Waals surface area contributed by atoms with Gasteiger partial charge in [-0.3, -0.25) is 9.59 Å². The monoisotopic (exact) mass is 438 g/mol. The Morgan fingerprint density at radius 1 is 0.938 bits per heavy atom. The maximum Gasteiger partial charge on any atom is 0.331 e. The summed E-state index contributed by atoms with van der Waals surface area (Å²) < 4.78 is 4.94. The van der Waals surface area contributed by atoms with Crippen LogP contribution in [0.1, 0.15) is 80.1 Å². The smallest absolute Gasteiger partial charge is 0.331 e. The predicted octanol–water partition coefficient (Wildman–Crippen LogP) is 3.73. The summed E-state index contributed by atoms with van der Waals surface area (Å²) >= 11 is 0. The molecule has 0 radical (unpaired) electrons. The lowest BCUT2D eigenvalue weighted by molar-refractivity contribution is -0.148. The van der Waals surface area contributed by atoms with Crippen LogP contribution in [-0.2, 0) is 20.9 Å². The van der Waals surface area contributed by atoms with Gasteiger partial charge in [-0.15, -0.1) is 0 Å². The molecule has 0 aromatic heterocycles. The Kier molecular flexibility index (Phi) is 5.50. The van der Waals surface area contributed by atoms with Gasteiger partial charge in [-0.2, -0.15) is 0 Å². The lowest BCUT2D eigenvalue weighted by Crippen LogP contribution is -2.53. The van der Waals surface area contributed by atoms with Gasteiger partial charge < -0.3 is 15.4 Å². The molecule has 0 unspecified atom stereocenters. The number of benzene rings is 1. The van der Waals surface area contributed by atoms with Crippen molar-refractivity contribution in [2.45, 2.75) is 76.3 Å². The van der Waals surface area contributed by atoms with Crippen LogP contribution in [0.3, 0.4) is 0 Å². The molecule has 172 valence electrons. The van der Waals surface area contributed by atoms with Crippen LogP contribution in [0.2, 0.25) is 0 Å². The molecular weight excluding hydrogens is 404 g/mol. The van der Waals surface area contributed by atoms with E-state index in [0.717, 1.165) is 55.4 Å². The molecule has 6 heteroatoms. The van der Waals surface area contributed by atoms with Crippen LogP contribution in [0, 0.1) is 23.2 Å². The van der Waals surface area contributed by atoms with Crippen LogP contribution in [0.5, 0.6) is 0 Å². The maximum atomic E-state index is 13.1. The van der Waals surface area contributed by atoms with Gasteiger partial charge in [0.1, 0.15) is 5.54 Å². The Morgan fingerprint density at radius 2 is 1.50 bits per heavy atom. The van der Waals surface area contributed by atoms with Crippen molar-refractivity contribution in [3.05, 3.63) is 35.4 Å². The van der Waals surface area contributed by atoms with E-state index in [-0.39, 0.29) is 23.2 Å². The van der Waals surface area contributed by atoms with Crippen molar-refractivity contribution < 1.29 is 19.1 Å². The van der Waals surface area contributed by atoms with Gasteiger partial charge in [-0.05, 0) is 86.8 Å². The minimum Gasteiger partial charge on any atom is -0.467 e. The average molecular weight is 439 g/mol. The number of amides is 2. The van der Waals surface area contributed by atoms with E-state index in [9.17, 15) is 14.4 Å². The molecule has 6 rings (SSSR count). The fourth-order valence-corrected chi connectivity index (χ4v) is 7.38. The molecule has 1 aromatic rings. The van der Waals surface area contributed by atoms with Crippen molar-refractivity contribution in [3.63, 3.8) is 0 Å². The molecule has 2 N–H and O–H groups in total. The highest BCUT2D eigenvalue weighted by molar-refractivity contribution is 5.98. The molecule has 4 bridgehead atoms. The molecule has 0 aliphatic heterocycles. The minimum absolute atomic E-state index is 0.141. The van der Waals surface area contributed by atoms with Gasteiger partial charge in [0.05, 0.1) is 7.11 Å². The summed E-state index contributed by atoms with van der Waals surface area (Å²) in [6, 6.07) is 7.30. The van der Waals surface area contributed by atoms with E-state index in [1.54, 1.807) is 12.1 Å². The highest BCUT2D eigenvalue weighted by atomic mass is 16.5. The summed E-state index contributed by atoms with van der Waals surface area (Å²) in [7, 11) is 1.36. The number of carbonyl (C=O) groups excluding carboxylic acids is 3. The fraction of sp³-hybridized carbons (Fsp3) is 0.654. The van der Waals surface area contributed by atoms with E-state index < -0.39 is 5.54 Å². The lowest BCUT2D eigenvalue weighted by Gasteiger charge is -2.55. The van der Waals surface area contributed by atoms with Crippen LogP contribution < -0.4 is 10.6 Å². The first-order chi connectivity index (χ1) is 15.4. The largest absolute Gasteiger partial charge is 0.467 e. The van der Waals surface area contributed by atoms with E-state index in [1.807, 2.05) is 12.1 Å². The predicted molar refractivity (Wildman–Crippen MR) is 120 cm³/mol. The van der Waals surface area contributed by atoms with Gasteiger partial charge in [-0.25, -0.2) is 4.79 Å². The van der Waals surface area contributed by atoms with Crippen molar-refractivity contribution in [1.82, 2.24) is 10.6 Å². The average Bonchev–Trinajstić information content (AvgIpc) is 3.26. The molecule has 1 aromatic carbocycles. The number of nitrogens with one attached hydrogen (secondary N) is 2. The number of ether oxygens (including phenoxy) is 1. The Labute approximate surface area is 189 Å². The van der Waals surface area contributed by atoms with Gasteiger partial charge >= 0.3 is 5.97 Å². The molecule has 5 aliphatic carbocycles. The zero-order valence-corrected chi connectivity index (χ0v) is 19.0. The van der Waals surface area contributed by atoms with Crippen LogP contribution in [0.15, 0.2) is 24.3 Å². The molecular formula is C26H34N2O4. The summed E-state index contributed by atoms with van der Waals surface area (Å²) in [5.74, 6) is 1.84. The first kappa shape index (κ1) is 21.5. The Morgan fingerprint density at radius 3 is 2.03 bits per heavy atom. The molecule has 0 saturated heterocycles. The van der Waals surface area contributed by atoms with E-state index >= 15 is 0 Å². The second kappa shape index (κ2) is 8.20. The number of methoxy groups -OCH3 is 1. The van der Waals surface area contributed by atoms with Gasteiger partial charge in [0, 0.05) is 17.5 Å². The second-order valence-electron chi connectivity index (χ2n) is 10.8. The van der Waals surface area contributed by atoms with E-state index in [1.165, 1.54) is 26.4 Å². The molecule has 2 amide bonds. The zero-order valence-electron chi connectivity index (χ0n) is 19.0. The molecule has 5 saturated carbocycles. The first-order valence-electron chi connectivity index (χ1n) is 12.2. The molecule has 5 aliphatic rings. The van der Waals surface area contributed by atoms with Crippen molar-refractivity contribution in [1.29, 1.82) is 0 Å². The van der Waals surface area contributed by atoms with Crippen molar-refractivity contribution in [2.75, 3.05) is 7.11 Å². The highest BCUT2D eigenvalue weighted by Crippen LogP contribution is 2.60. The van der Waals surface area contributed by atoms with Gasteiger partial charge in [0.25, 0.3) is 5.91 Å². The highest BCUT2D eigenvalue weighted by Gasteiger charge is 2.54. The topological polar surface area (TPSA) is 84.5 Å². The van der Waals surface area contributed by atoms with Crippen molar-refractivity contribution in [3.8, 4) is 0 Å². The SMILES string of the molecule is COC(=O)C1(NC(=O)c2ccc(CNC(=O)C34CC5CC(CC(C5)C3)C4)cc2)CCCC1. The summed E-state index contributed by atoms with van der Waals surface area (Å²) in [5.41, 5.74) is 0.438. The van der Waals surface area contributed by atoms with E-state index in [0.29, 0.717) is 24.9 Å². The van der Waals surface area contributed by atoms with Crippen LogP contribution in [0.25, 0.3) is 0 Å². The van der Waals surface area contributed by atoms with Crippen LogP contribution in [-0.4, -0.2) is 30.4 Å². The molecule has 5 fully saturated rings. The normalized spacial score (nSPS) is 31.8. The third-order valence-electron chi connectivity index (χ3n) is 8.58. The van der Waals surface area contributed by atoms with Crippen molar-refractivity contribution in [2.24, 2.45) is 23.2 Å². The van der Waals surface area contributed by atoms with Crippen LogP contribution >= 0.6 is 0 Å². The summed E-state index contributed by atoms with van der Waals surface area (Å²) in [6.45, 7) is 0.481. The molecule has 0 spiro atoms. The third-order valence-corrected chi connectivity index (χ3v) is 8.58. The van der Waals surface area contributed by atoms with Gasteiger partial charge in [0.2, 0.25) is 5.91 Å². The quantitative estimate of drug-likeness (QED) is 0.663. The van der Waals surface area contributed by atoms with Gasteiger partial charge in [0.15, 0.2) is 0 Å². The molecule has 32 heavy (non-hydrogen) atoms.